The SMILES string of the molecule is COc1ccccc1NC(=O)c1cc2n(n1)CCCN(C(=O)c1occc1C)C2. The third kappa shape index (κ3) is 3.73. The minimum absolute atomic E-state index is 0.151. The minimum Gasteiger partial charge on any atom is -0.495 e. The van der Waals surface area contributed by atoms with Crippen molar-refractivity contribution >= 4 is 17.5 Å². The second-order valence-corrected chi connectivity index (χ2v) is 6.91. The summed E-state index contributed by atoms with van der Waals surface area (Å²) in [5.74, 6) is 0.455. The standard InChI is InChI=1S/C21H22N4O4/c1-14-8-11-29-19(14)21(27)24-9-5-10-25-15(13-24)12-17(23-25)20(26)22-16-6-3-4-7-18(16)28-2/h3-4,6-8,11-12H,5,9-10,13H2,1-2H3,(H,22,26). The Morgan fingerprint density at radius 1 is 1.21 bits per heavy atom. The van der Waals surface area contributed by atoms with Crippen LogP contribution in [-0.4, -0.2) is 40.1 Å². The van der Waals surface area contributed by atoms with Crippen LogP contribution < -0.4 is 10.1 Å². The predicted octanol–water partition coefficient (Wildman–Crippen LogP) is 3.09. The molecule has 4 rings (SSSR count). The molecule has 0 bridgehead atoms. The highest BCUT2D eigenvalue weighted by Gasteiger charge is 2.25. The Bertz CT molecular complexity index is 1050. The lowest BCUT2D eigenvalue weighted by Gasteiger charge is -2.18. The van der Waals surface area contributed by atoms with Crippen molar-refractivity contribution in [3.8, 4) is 5.75 Å². The maximum Gasteiger partial charge on any atom is 0.290 e. The van der Waals surface area contributed by atoms with Crippen LogP contribution in [0.4, 0.5) is 5.69 Å². The van der Waals surface area contributed by atoms with E-state index in [4.69, 9.17) is 9.15 Å². The average molecular weight is 394 g/mol. The summed E-state index contributed by atoms with van der Waals surface area (Å²) in [5.41, 5.74) is 2.50. The Balaban J connectivity index is 1.53. The Morgan fingerprint density at radius 2 is 2.03 bits per heavy atom. The quantitative estimate of drug-likeness (QED) is 0.734. The van der Waals surface area contributed by atoms with Crippen LogP contribution in [0.25, 0.3) is 0 Å². The van der Waals surface area contributed by atoms with Gasteiger partial charge in [-0.25, -0.2) is 0 Å². The van der Waals surface area contributed by atoms with E-state index < -0.39 is 0 Å². The molecule has 0 saturated carbocycles. The number of aryl methyl sites for hydroxylation is 2. The van der Waals surface area contributed by atoms with Crippen LogP contribution in [0.3, 0.4) is 0 Å². The van der Waals surface area contributed by atoms with Crippen molar-refractivity contribution in [1.82, 2.24) is 14.7 Å². The number of nitrogens with one attached hydrogen (secondary N) is 1. The van der Waals surface area contributed by atoms with Gasteiger partial charge in [-0.15, -0.1) is 0 Å². The summed E-state index contributed by atoms with van der Waals surface area (Å²) >= 11 is 0. The number of hydrogen-bond acceptors (Lipinski definition) is 5. The fourth-order valence-corrected chi connectivity index (χ4v) is 3.42. The maximum absolute atomic E-state index is 12.8. The first kappa shape index (κ1) is 18.8. The van der Waals surface area contributed by atoms with Crippen molar-refractivity contribution in [3.63, 3.8) is 0 Å². The van der Waals surface area contributed by atoms with Crippen molar-refractivity contribution in [2.75, 3.05) is 19.0 Å². The van der Waals surface area contributed by atoms with Gasteiger partial charge in [0.05, 0.1) is 31.3 Å². The largest absolute Gasteiger partial charge is 0.495 e. The molecular weight excluding hydrogens is 372 g/mol. The van der Waals surface area contributed by atoms with Gasteiger partial charge in [0.2, 0.25) is 0 Å². The smallest absolute Gasteiger partial charge is 0.290 e. The van der Waals surface area contributed by atoms with Gasteiger partial charge >= 0.3 is 0 Å². The van der Waals surface area contributed by atoms with Gasteiger partial charge < -0.3 is 19.4 Å². The van der Waals surface area contributed by atoms with Crippen LogP contribution >= 0.6 is 0 Å². The number of rotatable bonds is 4. The summed E-state index contributed by atoms with van der Waals surface area (Å²) in [6, 6.07) is 10.7. The fourth-order valence-electron chi connectivity index (χ4n) is 3.42. The highest BCUT2D eigenvalue weighted by molar-refractivity contribution is 6.03. The molecule has 8 heteroatoms. The number of ether oxygens (including phenoxy) is 1. The number of aromatic nitrogens is 2. The molecule has 0 atom stereocenters. The predicted molar refractivity (Wildman–Crippen MR) is 106 cm³/mol. The number of fused-ring (bicyclic) bond motifs is 1. The number of carbonyl (C=O) groups is 2. The third-order valence-electron chi connectivity index (χ3n) is 4.95. The Morgan fingerprint density at radius 3 is 2.79 bits per heavy atom. The molecule has 2 aromatic heterocycles. The van der Waals surface area contributed by atoms with Gasteiger partial charge in [0.15, 0.2) is 11.5 Å². The lowest BCUT2D eigenvalue weighted by atomic mass is 10.2. The van der Waals surface area contributed by atoms with E-state index in [0.29, 0.717) is 42.5 Å². The summed E-state index contributed by atoms with van der Waals surface area (Å²) in [6.07, 6.45) is 2.26. The van der Waals surface area contributed by atoms with E-state index in [0.717, 1.165) is 17.7 Å². The molecule has 1 N–H and O–H groups in total. The average Bonchev–Trinajstić information content (AvgIpc) is 3.28. The molecule has 1 aliphatic heterocycles. The summed E-state index contributed by atoms with van der Waals surface area (Å²) in [6.45, 7) is 3.45. The van der Waals surface area contributed by atoms with Crippen molar-refractivity contribution in [3.05, 3.63) is 65.4 Å². The zero-order valence-corrected chi connectivity index (χ0v) is 16.3. The molecule has 0 radical (unpaired) electrons. The summed E-state index contributed by atoms with van der Waals surface area (Å²) in [5, 5.41) is 7.27. The highest BCUT2D eigenvalue weighted by atomic mass is 16.5. The number of methoxy groups -OCH3 is 1. The van der Waals surface area contributed by atoms with Crippen molar-refractivity contribution in [2.45, 2.75) is 26.4 Å². The molecule has 8 nitrogen and oxygen atoms in total. The first-order valence-corrected chi connectivity index (χ1v) is 9.41. The van der Waals surface area contributed by atoms with Crippen molar-refractivity contribution < 1.29 is 18.7 Å². The fraction of sp³-hybridized carbons (Fsp3) is 0.286. The van der Waals surface area contributed by atoms with E-state index in [1.807, 2.05) is 19.1 Å². The Kier molecular flexibility index (Phi) is 5.07. The van der Waals surface area contributed by atoms with E-state index in [2.05, 4.69) is 10.4 Å². The van der Waals surface area contributed by atoms with Crippen molar-refractivity contribution in [2.24, 2.45) is 0 Å². The van der Waals surface area contributed by atoms with E-state index >= 15 is 0 Å². The number of amides is 2. The van der Waals surface area contributed by atoms with E-state index in [1.165, 1.54) is 6.26 Å². The number of benzene rings is 1. The number of nitrogens with zero attached hydrogens (tertiary/aromatic N) is 3. The Labute approximate surface area is 168 Å². The molecule has 29 heavy (non-hydrogen) atoms. The summed E-state index contributed by atoms with van der Waals surface area (Å²) < 4.78 is 12.4. The number of anilines is 1. The lowest BCUT2D eigenvalue weighted by molar-refractivity contribution is 0.0712. The van der Waals surface area contributed by atoms with Crippen LogP contribution in [0.2, 0.25) is 0 Å². The van der Waals surface area contributed by atoms with Gasteiger partial charge in [0, 0.05) is 18.7 Å². The molecule has 150 valence electrons. The van der Waals surface area contributed by atoms with Gasteiger partial charge in [-0.2, -0.15) is 5.10 Å². The first-order valence-electron chi connectivity index (χ1n) is 9.41. The summed E-state index contributed by atoms with van der Waals surface area (Å²) in [7, 11) is 1.55. The van der Waals surface area contributed by atoms with E-state index in [-0.39, 0.29) is 11.8 Å². The molecule has 0 aliphatic carbocycles. The van der Waals surface area contributed by atoms with E-state index in [1.54, 1.807) is 41.0 Å². The first-order chi connectivity index (χ1) is 14.1. The van der Waals surface area contributed by atoms with Crippen molar-refractivity contribution in [1.29, 1.82) is 0 Å². The molecule has 3 aromatic rings. The van der Waals surface area contributed by atoms with Gasteiger partial charge in [-0.05, 0) is 37.6 Å². The lowest BCUT2D eigenvalue weighted by Crippen LogP contribution is -2.30. The third-order valence-corrected chi connectivity index (χ3v) is 4.95. The monoisotopic (exact) mass is 394 g/mol. The van der Waals surface area contributed by atoms with Crippen LogP contribution in [0, 0.1) is 6.92 Å². The molecule has 0 saturated heterocycles. The zero-order chi connectivity index (χ0) is 20.4. The van der Waals surface area contributed by atoms with Gasteiger partial charge in [-0.1, -0.05) is 12.1 Å². The van der Waals surface area contributed by atoms with Crippen LogP contribution in [0.5, 0.6) is 5.75 Å². The molecule has 2 amide bonds. The minimum atomic E-state index is -0.324. The topological polar surface area (TPSA) is 89.6 Å². The van der Waals surface area contributed by atoms with Gasteiger partial charge in [0.25, 0.3) is 11.8 Å². The maximum atomic E-state index is 12.8. The highest BCUT2D eigenvalue weighted by Crippen LogP contribution is 2.24. The molecule has 3 heterocycles. The van der Waals surface area contributed by atoms with Gasteiger partial charge in [0.1, 0.15) is 5.75 Å². The molecule has 1 aliphatic rings. The number of para-hydroxylation sites is 2. The summed E-state index contributed by atoms with van der Waals surface area (Å²) in [4.78, 5) is 27.2. The van der Waals surface area contributed by atoms with Crippen LogP contribution in [0.1, 0.15) is 38.7 Å². The molecular formula is C21H22N4O4. The number of furan rings is 1. The second kappa shape index (κ2) is 7.83. The van der Waals surface area contributed by atoms with Gasteiger partial charge in [-0.3, -0.25) is 14.3 Å². The molecule has 0 fully saturated rings. The molecule has 1 aromatic carbocycles. The zero-order valence-electron chi connectivity index (χ0n) is 16.3. The molecule has 0 spiro atoms. The van der Waals surface area contributed by atoms with E-state index in [9.17, 15) is 9.59 Å². The Hall–Kier alpha value is -3.55. The number of hydrogen-bond donors (Lipinski definition) is 1. The number of carbonyl (C=O) groups excluding carboxylic acids is 2. The second-order valence-electron chi connectivity index (χ2n) is 6.91. The van der Waals surface area contributed by atoms with Crippen LogP contribution in [0.15, 0.2) is 47.1 Å². The molecule has 0 unspecified atom stereocenters. The van der Waals surface area contributed by atoms with Crippen LogP contribution in [-0.2, 0) is 13.1 Å². The normalized spacial score (nSPS) is 13.5.